The number of benzene rings is 1. The summed E-state index contributed by atoms with van der Waals surface area (Å²) in [5.41, 5.74) is 0. The van der Waals surface area contributed by atoms with Gasteiger partial charge in [-0.3, -0.25) is 14.4 Å². The zero-order chi connectivity index (χ0) is 18.4. The molecule has 0 aliphatic heterocycles. The van der Waals surface area contributed by atoms with E-state index in [4.69, 9.17) is 16.7 Å². The number of carbonyl (C=O) groups is 3. The molecule has 1 unspecified atom stereocenters. The van der Waals surface area contributed by atoms with Crippen LogP contribution in [0.3, 0.4) is 0 Å². The minimum Gasteiger partial charge on any atom is -0.481 e. The van der Waals surface area contributed by atoms with E-state index in [1.165, 1.54) is 11.3 Å². The Morgan fingerprint density at radius 3 is 2.60 bits per heavy atom. The number of rotatable bonds is 8. The van der Waals surface area contributed by atoms with Gasteiger partial charge in [-0.15, -0.1) is 11.3 Å². The molecule has 0 radical (unpaired) electrons. The van der Waals surface area contributed by atoms with Crippen LogP contribution in [0.25, 0.3) is 10.1 Å². The summed E-state index contributed by atoms with van der Waals surface area (Å²) in [6, 6.07) is 7.40. The smallest absolute Gasteiger partial charge is 0.308 e. The fraction of sp³-hybridized carbons (Fsp3) is 0.353. The lowest BCUT2D eigenvalue weighted by molar-refractivity contribution is -0.141. The van der Waals surface area contributed by atoms with Gasteiger partial charge >= 0.3 is 5.97 Å². The van der Waals surface area contributed by atoms with Gasteiger partial charge in [-0.2, -0.15) is 0 Å². The van der Waals surface area contributed by atoms with E-state index in [1.54, 1.807) is 0 Å². The summed E-state index contributed by atoms with van der Waals surface area (Å²) in [7, 11) is 0. The van der Waals surface area contributed by atoms with E-state index in [0.717, 1.165) is 10.1 Å². The first-order valence-electron chi connectivity index (χ1n) is 7.88. The van der Waals surface area contributed by atoms with E-state index >= 15 is 0 Å². The second-order valence-corrected chi connectivity index (χ2v) is 6.98. The zero-order valence-corrected chi connectivity index (χ0v) is 15.2. The van der Waals surface area contributed by atoms with Gasteiger partial charge in [-0.1, -0.05) is 43.1 Å². The number of amides is 2. The standard InChI is InChI=1S/C17H19ClN2O4S/c1-2-5-10(17(23)24)8-19-13(21)9-20-16(22)15-14(18)11-6-3-4-7-12(11)25-15/h3-4,6-7,10H,2,5,8-9H2,1H3,(H,19,21)(H,20,22)(H,23,24). The third kappa shape index (κ3) is 4.93. The quantitative estimate of drug-likeness (QED) is 0.654. The van der Waals surface area contributed by atoms with Crippen molar-refractivity contribution in [2.45, 2.75) is 19.8 Å². The molecule has 134 valence electrons. The van der Waals surface area contributed by atoms with Crippen LogP contribution in [0.5, 0.6) is 0 Å². The topological polar surface area (TPSA) is 95.5 Å². The minimum atomic E-state index is -0.941. The maximum atomic E-state index is 12.2. The van der Waals surface area contributed by atoms with Gasteiger partial charge in [-0.25, -0.2) is 0 Å². The van der Waals surface area contributed by atoms with Crippen molar-refractivity contribution in [3.63, 3.8) is 0 Å². The molecule has 1 atom stereocenters. The molecule has 2 amide bonds. The monoisotopic (exact) mass is 382 g/mol. The summed E-state index contributed by atoms with van der Waals surface area (Å²) in [5, 5.41) is 15.3. The Morgan fingerprint density at radius 1 is 1.24 bits per heavy atom. The van der Waals surface area contributed by atoms with Gasteiger partial charge in [0.05, 0.1) is 17.5 Å². The first-order valence-corrected chi connectivity index (χ1v) is 9.08. The van der Waals surface area contributed by atoms with E-state index in [1.807, 2.05) is 31.2 Å². The van der Waals surface area contributed by atoms with Crippen molar-refractivity contribution >= 4 is 50.8 Å². The number of hydrogen-bond donors (Lipinski definition) is 3. The number of carbonyl (C=O) groups excluding carboxylic acids is 2. The summed E-state index contributed by atoms with van der Waals surface area (Å²) in [6.07, 6.45) is 1.20. The SMILES string of the molecule is CCCC(CNC(=O)CNC(=O)c1sc2ccccc2c1Cl)C(=O)O. The number of carboxylic acid groups (broad SMARTS) is 1. The molecule has 25 heavy (non-hydrogen) atoms. The van der Waals surface area contributed by atoms with E-state index in [0.29, 0.717) is 22.7 Å². The van der Waals surface area contributed by atoms with Crippen molar-refractivity contribution in [1.82, 2.24) is 10.6 Å². The van der Waals surface area contributed by atoms with Gasteiger partial charge in [0.15, 0.2) is 0 Å². The van der Waals surface area contributed by atoms with E-state index in [2.05, 4.69) is 10.6 Å². The Kier molecular flexibility index (Phi) is 6.78. The molecule has 2 rings (SSSR count). The molecule has 1 aromatic heterocycles. The van der Waals surface area contributed by atoms with Gasteiger partial charge in [0.25, 0.3) is 5.91 Å². The summed E-state index contributed by atoms with van der Waals surface area (Å²) in [6.45, 7) is 1.69. The van der Waals surface area contributed by atoms with Crippen molar-refractivity contribution in [2.24, 2.45) is 5.92 Å². The highest BCUT2D eigenvalue weighted by Gasteiger charge is 2.19. The zero-order valence-electron chi connectivity index (χ0n) is 13.7. The van der Waals surface area contributed by atoms with E-state index in [9.17, 15) is 14.4 Å². The second kappa shape index (κ2) is 8.82. The lowest BCUT2D eigenvalue weighted by Crippen LogP contribution is -2.40. The highest BCUT2D eigenvalue weighted by Crippen LogP contribution is 2.34. The van der Waals surface area contributed by atoms with Crippen LogP contribution in [-0.2, 0) is 9.59 Å². The molecule has 2 aromatic rings. The summed E-state index contributed by atoms with van der Waals surface area (Å²) in [5.74, 6) is -2.43. The van der Waals surface area contributed by atoms with Gasteiger partial charge in [0.2, 0.25) is 5.91 Å². The first-order chi connectivity index (χ1) is 11.9. The lowest BCUT2D eigenvalue weighted by Gasteiger charge is -2.12. The normalized spacial score (nSPS) is 11.9. The van der Waals surface area contributed by atoms with Crippen LogP contribution >= 0.6 is 22.9 Å². The number of nitrogens with one attached hydrogen (secondary N) is 2. The van der Waals surface area contributed by atoms with Gasteiger partial charge in [0, 0.05) is 16.6 Å². The Balaban J connectivity index is 1.89. The molecule has 0 aliphatic rings. The number of thiophene rings is 1. The van der Waals surface area contributed by atoms with Crippen molar-refractivity contribution in [2.75, 3.05) is 13.1 Å². The molecule has 0 spiro atoms. The molecule has 0 fully saturated rings. The van der Waals surface area contributed by atoms with Crippen LogP contribution in [0.2, 0.25) is 5.02 Å². The fourth-order valence-corrected chi connectivity index (χ4v) is 3.80. The van der Waals surface area contributed by atoms with Crippen LogP contribution in [0.15, 0.2) is 24.3 Å². The molecular weight excluding hydrogens is 364 g/mol. The highest BCUT2D eigenvalue weighted by molar-refractivity contribution is 7.21. The number of fused-ring (bicyclic) bond motifs is 1. The summed E-state index contributed by atoms with van der Waals surface area (Å²) < 4.78 is 0.894. The molecule has 1 heterocycles. The average Bonchev–Trinajstić information content (AvgIpc) is 2.93. The maximum Gasteiger partial charge on any atom is 0.308 e. The molecule has 0 bridgehead atoms. The minimum absolute atomic E-state index is 0.0432. The van der Waals surface area contributed by atoms with Gasteiger partial charge in [0.1, 0.15) is 4.88 Å². The van der Waals surface area contributed by atoms with Crippen LogP contribution in [0.4, 0.5) is 0 Å². The lowest BCUT2D eigenvalue weighted by atomic mass is 10.0. The summed E-state index contributed by atoms with van der Waals surface area (Å²) in [4.78, 5) is 35.4. The third-order valence-electron chi connectivity index (χ3n) is 3.68. The Labute approximate surface area is 154 Å². The fourth-order valence-electron chi connectivity index (χ4n) is 2.36. The highest BCUT2D eigenvalue weighted by atomic mass is 35.5. The van der Waals surface area contributed by atoms with Crippen LogP contribution < -0.4 is 10.6 Å². The molecule has 0 saturated heterocycles. The Hall–Kier alpha value is -2.12. The van der Waals surface area contributed by atoms with Crippen molar-refractivity contribution in [1.29, 1.82) is 0 Å². The molecule has 0 aliphatic carbocycles. The van der Waals surface area contributed by atoms with E-state index in [-0.39, 0.29) is 13.1 Å². The van der Waals surface area contributed by atoms with Crippen LogP contribution in [0.1, 0.15) is 29.4 Å². The summed E-state index contributed by atoms with van der Waals surface area (Å²) >= 11 is 7.48. The van der Waals surface area contributed by atoms with Gasteiger partial charge in [-0.05, 0) is 12.5 Å². The van der Waals surface area contributed by atoms with Crippen LogP contribution in [0, 0.1) is 5.92 Å². The van der Waals surface area contributed by atoms with Crippen molar-refractivity contribution in [3.05, 3.63) is 34.2 Å². The molecule has 6 nitrogen and oxygen atoms in total. The number of hydrogen-bond acceptors (Lipinski definition) is 4. The molecule has 1 aromatic carbocycles. The van der Waals surface area contributed by atoms with Crippen LogP contribution in [-0.4, -0.2) is 36.0 Å². The second-order valence-electron chi connectivity index (χ2n) is 5.55. The number of halogens is 1. The van der Waals surface area contributed by atoms with Crippen molar-refractivity contribution < 1.29 is 19.5 Å². The maximum absolute atomic E-state index is 12.2. The van der Waals surface area contributed by atoms with Crippen molar-refractivity contribution in [3.8, 4) is 0 Å². The number of carboxylic acids is 1. The molecular formula is C17H19ClN2O4S. The third-order valence-corrected chi connectivity index (χ3v) is 5.36. The Morgan fingerprint density at radius 2 is 1.96 bits per heavy atom. The predicted octanol–water partition coefficient (Wildman–Crippen LogP) is 2.90. The predicted molar refractivity (Wildman–Crippen MR) is 98.2 cm³/mol. The molecule has 3 N–H and O–H groups in total. The Bertz CT molecular complexity index is 790. The van der Waals surface area contributed by atoms with Gasteiger partial charge < -0.3 is 15.7 Å². The molecule has 8 heteroatoms. The van der Waals surface area contributed by atoms with E-state index < -0.39 is 23.7 Å². The first kappa shape index (κ1) is 19.2. The average molecular weight is 383 g/mol. The number of aliphatic carboxylic acids is 1. The molecule has 0 saturated carbocycles. The largest absolute Gasteiger partial charge is 0.481 e.